The van der Waals surface area contributed by atoms with Crippen molar-refractivity contribution in [3.05, 3.63) is 65.9 Å². The fourth-order valence-electron chi connectivity index (χ4n) is 2.45. The Bertz CT molecular complexity index is 930. The first-order valence-corrected chi connectivity index (χ1v) is 8.92. The second kappa shape index (κ2) is 8.41. The van der Waals surface area contributed by atoms with E-state index in [1.165, 1.54) is 24.1 Å². The molecule has 0 aliphatic rings. The number of rotatable bonds is 7. The third-order valence-corrected chi connectivity index (χ3v) is 4.60. The molecule has 2 N–H and O–H groups in total. The van der Waals surface area contributed by atoms with Gasteiger partial charge in [-0.25, -0.2) is 4.98 Å². The molecule has 0 radical (unpaired) electrons. The smallest absolute Gasteiger partial charge is 0.324 e. The summed E-state index contributed by atoms with van der Waals surface area (Å²) in [5.41, 5.74) is 1.63. The molecule has 3 aromatic rings. The summed E-state index contributed by atoms with van der Waals surface area (Å²) in [6, 6.07) is 14.4. The number of nitrogens with one attached hydrogen (secondary N) is 2. The van der Waals surface area contributed by atoms with E-state index in [0.717, 1.165) is 40.7 Å². The monoisotopic (exact) mass is 391 g/mol. The van der Waals surface area contributed by atoms with Crippen molar-refractivity contribution < 1.29 is 18.0 Å². The summed E-state index contributed by atoms with van der Waals surface area (Å²) in [5, 5.41) is 3.90. The summed E-state index contributed by atoms with van der Waals surface area (Å²) >= 11 is 1.22. The van der Waals surface area contributed by atoms with Crippen molar-refractivity contribution in [3.63, 3.8) is 0 Å². The zero-order valence-electron chi connectivity index (χ0n) is 14.1. The van der Waals surface area contributed by atoms with Gasteiger partial charge in [0.15, 0.2) is 0 Å². The molecule has 0 saturated carbocycles. The van der Waals surface area contributed by atoms with Gasteiger partial charge in [-0.15, -0.1) is 0 Å². The van der Waals surface area contributed by atoms with Gasteiger partial charge in [-0.3, -0.25) is 0 Å². The maximum absolute atomic E-state index is 12.6. The fourth-order valence-corrected chi connectivity index (χ4v) is 3.12. The minimum absolute atomic E-state index is 0.253. The van der Waals surface area contributed by atoms with Gasteiger partial charge in [-0.05, 0) is 48.3 Å². The van der Waals surface area contributed by atoms with Crippen LogP contribution in [0.25, 0.3) is 10.9 Å². The van der Waals surface area contributed by atoms with Gasteiger partial charge in [0.1, 0.15) is 6.29 Å². The zero-order chi connectivity index (χ0) is 19.3. The molecule has 0 bridgehead atoms. The Hall–Kier alpha value is -2.58. The Labute approximate surface area is 158 Å². The van der Waals surface area contributed by atoms with Gasteiger partial charge >= 0.3 is 6.18 Å². The van der Waals surface area contributed by atoms with E-state index in [4.69, 9.17) is 0 Å². The van der Waals surface area contributed by atoms with E-state index in [1.54, 1.807) is 0 Å². The van der Waals surface area contributed by atoms with Crippen LogP contribution in [-0.2, 0) is 17.5 Å². The third-order valence-electron chi connectivity index (χ3n) is 3.77. The molecule has 8 heteroatoms. The summed E-state index contributed by atoms with van der Waals surface area (Å²) in [6.45, 7) is 0.721. The maximum atomic E-state index is 12.6. The molecule has 0 aliphatic heterocycles. The molecule has 0 spiro atoms. The lowest BCUT2D eigenvalue weighted by atomic mass is 10.2. The molecular weight excluding hydrogens is 375 g/mol. The quantitative estimate of drug-likeness (QED) is 0.349. The lowest BCUT2D eigenvalue weighted by Gasteiger charge is -2.11. The largest absolute Gasteiger partial charge is 0.416 e. The van der Waals surface area contributed by atoms with Crippen LogP contribution in [0.2, 0.25) is 0 Å². The Morgan fingerprint density at radius 1 is 1.04 bits per heavy atom. The van der Waals surface area contributed by atoms with E-state index in [1.807, 2.05) is 30.3 Å². The highest BCUT2D eigenvalue weighted by atomic mass is 32.2. The molecule has 0 unspecified atom stereocenters. The minimum atomic E-state index is -4.34. The summed E-state index contributed by atoms with van der Waals surface area (Å²) in [7, 11) is 0. The molecule has 0 fully saturated rings. The van der Waals surface area contributed by atoms with Gasteiger partial charge in [-0.2, -0.15) is 13.2 Å². The van der Waals surface area contributed by atoms with Crippen LogP contribution in [0.1, 0.15) is 11.3 Å². The SMILES string of the molecule is O=CCNCc1ccc2cccc(NSc3ccc(C(F)(F)F)cc3)c2n1. The summed E-state index contributed by atoms with van der Waals surface area (Å²) in [6.07, 6.45) is -3.56. The van der Waals surface area contributed by atoms with E-state index in [-0.39, 0.29) is 6.54 Å². The molecule has 27 heavy (non-hydrogen) atoms. The molecule has 4 nitrogen and oxygen atoms in total. The average Bonchev–Trinajstić information content (AvgIpc) is 2.66. The van der Waals surface area contributed by atoms with E-state index in [9.17, 15) is 18.0 Å². The third kappa shape index (κ3) is 4.99. The number of para-hydroxylation sites is 1. The van der Waals surface area contributed by atoms with Gasteiger partial charge in [-0.1, -0.05) is 18.2 Å². The van der Waals surface area contributed by atoms with Crippen LogP contribution in [0.3, 0.4) is 0 Å². The summed E-state index contributed by atoms with van der Waals surface area (Å²) in [4.78, 5) is 15.7. The van der Waals surface area contributed by atoms with Gasteiger partial charge < -0.3 is 14.8 Å². The van der Waals surface area contributed by atoms with Gasteiger partial charge in [0, 0.05) is 16.8 Å². The van der Waals surface area contributed by atoms with E-state index in [0.29, 0.717) is 11.4 Å². The van der Waals surface area contributed by atoms with Crippen molar-refractivity contribution in [3.8, 4) is 0 Å². The molecule has 3 rings (SSSR count). The van der Waals surface area contributed by atoms with Crippen molar-refractivity contribution in [1.29, 1.82) is 0 Å². The summed E-state index contributed by atoms with van der Waals surface area (Å²) < 4.78 is 41.1. The van der Waals surface area contributed by atoms with Crippen molar-refractivity contribution in [1.82, 2.24) is 10.3 Å². The topological polar surface area (TPSA) is 54.0 Å². The fraction of sp³-hybridized carbons (Fsp3) is 0.158. The van der Waals surface area contributed by atoms with Gasteiger partial charge in [0.2, 0.25) is 0 Å². The first-order chi connectivity index (χ1) is 13.0. The van der Waals surface area contributed by atoms with E-state index < -0.39 is 11.7 Å². The Kier molecular flexibility index (Phi) is 5.98. The molecule has 1 aromatic heterocycles. The predicted molar refractivity (Wildman–Crippen MR) is 100 cm³/mol. The highest BCUT2D eigenvalue weighted by molar-refractivity contribution is 8.00. The Morgan fingerprint density at radius 3 is 2.52 bits per heavy atom. The Morgan fingerprint density at radius 2 is 1.81 bits per heavy atom. The number of pyridine rings is 1. The van der Waals surface area contributed by atoms with Crippen LogP contribution in [0.5, 0.6) is 0 Å². The average molecular weight is 391 g/mol. The van der Waals surface area contributed by atoms with E-state index >= 15 is 0 Å². The highest BCUT2D eigenvalue weighted by Gasteiger charge is 2.29. The van der Waals surface area contributed by atoms with Crippen molar-refractivity contribution in [2.75, 3.05) is 11.3 Å². The molecule has 0 saturated heterocycles. The van der Waals surface area contributed by atoms with Crippen LogP contribution in [0.4, 0.5) is 18.9 Å². The number of nitrogens with zero attached hydrogens (tertiary/aromatic N) is 1. The second-order valence-corrected chi connectivity index (χ2v) is 6.58. The zero-order valence-corrected chi connectivity index (χ0v) is 14.9. The first kappa shape index (κ1) is 19.2. The minimum Gasteiger partial charge on any atom is -0.324 e. The molecule has 0 amide bonds. The lowest BCUT2D eigenvalue weighted by Crippen LogP contribution is -2.16. The number of fused-ring (bicyclic) bond motifs is 1. The van der Waals surface area contributed by atoms with E-state index in [2.05, 4.69) is 15.0 Å². The molecule has 2 aromatic carbocycles. The van der Waals surface area contributed by atoms with Crippen LogP contribution in [-0.4, -0.2) is 17.8 Å². The van der Waals surface area contributed by atoms with Crippen molar-refractivity contribution in [2.24, 2.45) is 0 Å². The standard InChI is InChI=1S/C19H16F3N3OS/c20-19(21,22)14-5-8-16(9-6-14)27-25-17-3-1-2-13-4-7-15(24-18(13)17)12-23-10-11-26/h1-9,11,23,25H,10,12H2. The number of hydrogen-bond acceptors (Lipinski definition) is 5. The second-order valence-electron chi connectivity index (χ2n) is 5.70. The van der Waals surface area contributed by atoms with Gasteiger partial charge in [0.05, 0.1) is 29.0 Å². The lowest BCUT2D eigenvalue weighted by molar-refractivity contribution is -0.137. The number of carbonyl (C=O) groups is 1. The number of aldehydes is 1. The van der Waals surface area contributed by atoms with Gasteiger partial charge in [0.25, 0.3) is 0 Å². The summed E-state index contributed by atoms with van der Waals surface area (Å²) in [5.74, 6) is 0. The number of benzene rings is 2. The highest BCUT2D eigenvalue weighted by Crippen LogP contribution is 2.32. The number of anilines is 1. The van der Waals surface area contributed by atoms with Crippen LogP contribution >= 0.6 is 11.9 Å². The van der Waals surface area contributed by atoms with Crippen LogP contribution in [0, 0.1) is 0 Å². The van der Waals surface area contributed by atoms with Crippen LogP contribution in [0.15, 0.2) is 59.5 Å². The molecular formula is C19H16F3N3OS. The number of halogens is 3. The maximum Gasteiger partial charge on any atom is 0.416 e. The Balaban J connectivity index is 1.75. The normalized spacial score (nSPS) is 11.5. The predicted octanol–water partition coefficient (Wildman–Crippen LogP) is 4.66. The molecule has 140 valence electrons. The van der Waals surface area contributed by atoms with Crippen LogP contribution < -0.4 is 10.0 Å². The number of carbonyl (C=O) groups excluding carboxylic acids is 1. The molecule has 1 heterocycles. The van der Waals surface area contributed by atoms with Crippen molar-refractivity contribution >= 4 is 34.8 Å². The number of hydrogen-bond donors (Lipinski definition) is 2. The van der Waals surface area contributed by atoms with Crippen molar-refractivity contribution in [2.45, 2.75) is 17.6 Å². The molecule has 0 aliphatic carbocycles. The number of aromatic nitrogens is 1. The first-order valence-electron chi connectivity index (χ1n) is 8.10. The number of alkyl halides is 3. The molecule has 0 atom stereocenters.